The number of hydrogen-bond acceptors (Lipinski definition) is 5. The fourth-order valence-corrected chi connectivity index (χ4v) is 2.31. The van der Waals surface area contributed by atoms with Crippen LogP contribution in [0.25, 0.3) is 11.5 Å². The molecule has 1 aromatic carbocycles. The number of ether oxygens (including phenoxy) is 1. The molecular weight excluding hydrogens is 336 g/mol. The fraction of sp³-hybridized carbons (Fsp3) is 0.250. The molecule has 0 aliphatic heterocycles. The molecule has 0 radical (unpaired) electrons. The molecule has 1 heterocycles. The number of hydrogen-bond donors (Lipinski definition) is 0. The van der Waals surface area contributed by atoms with Crippen molar-refractivity contribution in [3.05, 3.63) is 33.6 Å². The minimum absolute atomic E-state index is 0.0391. The lowest BCUT2D eigenvalue weighted by molar-refractivity contribution is -0.142. The summed E-state index contributed by atoms with van der Waals surface area (Å²) in [6.07, 6.45) is -0.0391. The second-order valence-corrected chi connectivity index (χ2v) is 4.99. The Balaban J connectivity index is 2.18. The number of halogens is 2. The van der Waals surface area contributed by atoms with Crippen molar-refractivity contribution in [2.45, 2.75) is 13.3 Å². The van der Waals surface area contributed by atoms with Crippen molar-refractivity contribution in [1.29, 1.82) is 0 Å². The molecule has 0 amide bonds. The summed E-state index contributed by atoms with van der Waals surface area (Å²) in [7, 11) is 0. The minimum atomic E-state index is -0.398. The average Bonchev–Trinajstić information content (AvgIpc) is 2.76. The highest BCUT2D eigenvalue weighted by atomic mass is 79.9. The maximum Gasteiger partial charge on any atom is 0.315 e. The SMILES string of the molecule is CCOC(=O)Cc1nnc(-c2cc(Cl)cc(Br)c2)o1. The summed E-state index contributed by atoms with van der Waals surface area (Å²) in [5.74, 6) is 0.122. The Morgan fingerprint density at radius 2 is 2.21 bits per heavy atom. The van der Waals surface area contributed by atoms with E-state index in [1.807, 2.05) is 0 Å². The van der Waals surface area contributed by atoms with Gasteiger partial charge in [-0.15, -0.1) is 10.2 Å². The number of aromatic nitrogens is 2. The number of benzene rings is 1. The van der Waals surface area contributed by atoms with Gasteiger partial charge in [0.15, 0.2) is 0 Å². The van der Waals surface area contributed by atoms with Gasteiger partial charge in [0.2, 0.25) is 11.8 Å². The van der Waals surface area contributed by atoms with Crippen LogP contribution >= 0.6 is 27.5 Å². The molecule has 1 aromatic heterocycles. The molecule has 0 unspecified atom stereocenters. The lowest BCUT2D eigenvalue weighted by atomic mass is 10.2. The first kappa shape index (κ1) is 14.0. The van der Waals surface area contributed by atoms with E-state index in [0.717, 1.165) is 4.47 Å². The third-order valence-electron chi connectivity index (χ3n) is 2.18. The predicted octanol–water partition coefficient (Wildman–Crippen LogP) is 3.26. The van der Waals surface area contributed by atoms with Crippen LogP contribution in [0.3, 0.4) is 0 Å². The molecule has 7 heteroatoms. The van der Waals surface area contributed by atoms with E-state index in [-0.39, 0.29) is 12.3 Å². The molecule has 100 valence electrons. The van der Waals surface area contributed by atoms with Crippen LogP contribution in [0.1, 0.15) is 12.8 Å². The fourth-order valence-electron chi connectivity index (χ4n) is 1.45. The number of rotatable bonds is 4. The molecular formula is C12H10BrClN2O3. The van der Waals surface area contributed by atoms with Crippen LogP contribution in [0.2, 0.25) is 5.02 Å². The molecule has 0 atom stereocenters. The molecule has 0 saturated heterocycles. The van der Waals surface area contributed by atoms with Gasteiger partial charge in [0, 0.05) is 15.1 Å². The summed E-state index contributed by atoms with van der Waals surface area (Å²) in [6.45, 7) is 2.06. The van der Waals surface area contributed by atoms with Gasteiger partial charge in [0.25, 0.3) is 0 Å². The van der Waals surface area contributed by atoms with Crippen LogP contribution in [0, 0.1) is 0 Å². The molecule has 0 saturated carbocycles. The number of nitrogens with zero attached hydrogens (tertiary/aromatic N) is 2. The van der Waals surface area contributed by atoms with Gasteiger partial charge < -0.3 is 9.15 Å². The number of esters is 1. The van der Waals surface area contributed by atoms with E-state index in [1.54, 1.807) is 25.1 Å². The third-order valence-corrected chi connectivity index (χ3v) is 2.85. The minimum Gasteiger partial charge on any atom is -0.466 e. The van der Waals surface area contributed by atoms with Gasteiger partial charge in [0.1, 0.15) is 6.42 Å². The van der Waals surface area contributed by atoms with Crippen LogP contribution in [-0.2, 0) is 16.0 Å². The van der Waals surface area contributed by atoms with E-state index in [2.05, 4.69) is 26.1 Å². The zero-order valence-corrected chi connectivity index (χ0v) is 12.4. The van der Waals surface area contributed by atoms with Crippen molar-refractivity contribution in [2.24, 2.45) is 0 Å². The van der Waals surface area contributed by atoms with Gasteiger partial charge in [-0.2, -0.15) is 0 Å². The van der Waals surface area contributed by atoms with Crippen molar-refractivity contribution < 1.29 is 13.9 Å². The summed E-state index contributed by atoms with van der Waals surface area (Å²) in [5.41, 5.74) is 0.682. The molecule has 0 bridgehead atoms. The summed E-state index contributed by atoms with van der Waals surface area (Å²) in [5, 5.41) is 8.23. The van der Waals surface area contributed by atoms with Crippen molar-refractivity contribution in [2.75, 3.05) is 6.61 Å². The molecule has 5 nitrogen and oxygen atoms in total. The van der Waals surface area contributed by atoms with Crippen molar-refractivity contribution in [3.8, 4) is 11.5 Å². The van der Waals surface area contributed by atoms with Gasteiger partial charge in [-0.1, -0.05) is 27.5 Å². The Bertz CT molecular complexity index is 580. The Hall–Kier alpha value is -1.40. The van der Waals surface area contributed by atoms with Crippen LogP contribution in [0.5, 0.6) is 0 Å². The van der Waals surface area contributed by atoms with Crippen molar-refractivity contribution in [1.82, 2.24) is 10.2 Å². The first-order chi connectivity index (χ1) is 9.08. The van der Waals surface area contributed by atoms with Gasteiger partial charge in [-0.3, -0.25) is 4.79 Å². The molecule has 19 heavy (non-hydrogen) atoms. The van der Waals surface area contributed by atoms with Crippen LogP contribution in [0.4, 0.5) is 0 Å². The average molecular weight is 346 g/mol. The largest absolute Gasteiger partial charge is 0.466 e. The number of carbonyl (C=O) groups is 1. The summed E-state index contributed by atoms with van der Waals surface area (Å²) in [6, 6.07) is 5.25. The highest BCUT2D eigenvalue weighted by Gasteiger charge is 2.13. The van der Waals surface area contributed by atoms with Crippen molar-refractivity contribution >= 4 is 33.5 Å². The van der Waals surface area contributed by atoms with E-state index in [9.17, 15) is 4.79 Å². The van der Waals surface area contributed by atoms with Gasteiger partial charge in [-0.25, -0.2) is 0 Å². The smallest absolute Gasteiger partial charge is 0.315 e. The molecule has 0 fully saturated rings. The third kappa shape index (κ3) is 3.78. The lowest BCUT2D eigenvalue weighted by Gasteiger charge is -1.98. The zero-order valence-electron chi connectivity index (χ0n) is 10.0. The Morgan fingerprint density at radius 1 is 1.42 bits per heavy atom. The maximum absolute atomic E-state index is 11.3. The quantitative estimate of drug-likeness (QED) is 0.796. The van der Waals surface area contributed by atoms with Gasteiger partial charge >= 0.3 is 5.97 Å². The second-order valence-electron chi connectivity index (χ2n) is 3.64. The standard InChI is InChI=1S/C12H10BrClN2O3/c1-2-18-11(17)6-10-15-16-12(19-10)7-3-8(13)5-9(14)4-7/h3-5H,2,6H2,1H3. The Labute approximate surface area is 123 Å². The highest BCUT2D eigenvalue weighted by Crippen LogP contribution is 2.26. The van der Waals surface area contributed by atoms with Crippen LogP contribution in [-0.4, -0.2) is 22.8 Å². The molecule has 0 aliphatic rings. The van der Waals surface area contributed by atoms with E-state index >= 15 is 0 Å². The van der Waals surface area contributed by atoms with Crippen molar-refractivity contribution in [3.63, 3.8) is 0 Å². The molecule has 0 aliphatic carbocycles. The van der Waals surface area contributed by atoms with E-state index in [1.165, 1.54) is 0 Å². The second kappa shape index (κ2) is 6.16. The van der Waals surface area contributed by atoms with Crippen LogP contribution in [0.15, 0.2) is 27.1 Å². The highest BCUT2D eigenvalue weighted by molar-refractivity contribution is 9.10. The number of carbonyl (C=O) groups excluding carboxylic acids is 1. The summed E-state index contributed by atoms with van der Waals surface area (Å²) < 4.78 is 11.0. The van der Waals surface area contributed by atoms with Gasteiger partial charge in [-0.05, 0) is 25.1 Å². The first-order valence-corrected chi connectivity index (χ1v) is 6.70. The van der Waals surface area contributed by atoms with E-state index in [0.29, 0.717) is 23.1 Å². The maximum atomic E-state index is 11.3. The van der Waals surface area contributed by atoms with E-state index in [4.69, 9.17) is 20.8 Å². The zero-order chi connectivity index (χ0) is 13.8. The topological polar surface area (TPSA) is 65.2 Å². The van der Waals surface area contributed by atoms with E-state index < -0.39 is 5.97 Å². The molecule has 2 aromatic rings. The normalized spacial score (nSPS) is 10.5. The summed E-state index contributed by atoms with van der Waals surface area (Å²) in [4.78, 5) is 11.3. The Morgan fingerprint density at radius 3 is 2.89 bits per heavy atom. The monoisotopic (exact) mass is 344 g/mol. The molecule has 0 N–H and O–H groups in total. The lowest BCUT2D eigenvalue weighted by Crippen LogP contribution is -2.07. The summed E-state index contributed by atoms with van der Waals surface area (Å²) >= 11 is 9.27. The predicted molar refractivity (Wildman–Crippen MR) is 72.8 cm³/mol. The van der Waals surface area contributed by atoms with Crippen LogP contribution < -0.4 is 0 Å². The molecule has 2 rings (SSSR count). The first-order valence-electron chi connectivity index (χ1n) is 5.53. The van der Waals surface area contributed by atoms with Gasteiger partial charge in [0.05, 0.1) is 6.61 Å². The Kier molecular flexibility index (Phi) is 4.55. The molecule has 0 spiro atoms.